The standard InChI is InChI=1S/C47H74N2.2C3H5.Ni/c1-6-11-16-18-20-25-29-39-32-40(30-26-21-19-17-12-7-2)35-44(34-39)46-38-43(31-24-15-10-5)47(49(46)48)45-36-41(27-22-13-8-3)33-42(37-45)28-23-14-9-4;2*1-3-2;/h32-38H,6-31H2,1-5H3;2*3H,1-2H2;/q;2*-1;+2. The summed E-state index contributed by atoms with van der Waals surface area (Å²) in [6.07, 6.45) is 37.8. The Morgan fingerprint density at radius 2 is 0.750 bits per heavy atom. The molecule has 316 valence electrons. The Morgan fingerprint density at radius 1 is 0.464 bits per heavy atom. The van der Waals surface area contributed by atoms with Crippen LogP contribution in [-0.2, 0) is 42.2 Å². The summed E-state index contributed by atoms with van der Waals surface area (Å²) in [6.45, 7) is 24.5. The van der Waals surface area contributed by atoms with Crippen LogP contribution in [0.25, 0.3) is 16.9 Å². The van der Waals surface area contributed by atoms with Crippen molar-refractivity contribution in [2.75, 3.05) is 0 Å². The van der Waals surface area contributed by atoms with Gasteiger partial charge in [-0.15, -0.1) is 0 Å². The first kappa shape index (κ1) is 53.2. The largest absolute Gasteiger partial charge is 2.00 e. The van der Waals surface area contributed by atoms with Crippen molar-refractivity contribution in [3.8, 4) is 0 Å². The van der Waals surface area contributed by atoms with Crippen molar-refractivity contribution in [1.29, 1.82) is 0 Å². The molecule has 1 heterocycles. The zero-order valence-corrected chi connectivity index (χ0v) is 38.1. The van der Waals surface area contributed by atoms with Gasteiger partial charge in [0.25, 0.3) is 0 Å². The van der Waals surface area contributed by atoms with Crippen LogP contribution in [0.3, 0.4) is 0 Å². The van der Waals surface area contributed by atoms with Gasteiger partial charge in [-0.3, -0.25) is 0 Å². The van der Waals surface area contributed by atoms with Crippen molar-refractivity contribution in [2.24, 2.45) is 0 Å². The van der Waals surface area contributed by atoms with Gasteiger partial charge in [0.2, 0.25) is 11.4 Å². The van der Waals surface area contributed by atoms with Crippen molar-refractivity contribution in [1.82, 2.24) is 0 Å². The zero-order valence-electron chi connectivity index (χ0n) is 37.1. The van der Waals surface area contributed by atoms with Gasteiger partial charge in [-0.2, -0.15) is 0 Å². The van der Waals surface area contributed by atoms with E-state index >= 15 is 0 Å². The zero-order chi connectivity index (χ0) is 40.5. The average molecular weight is 808 g/mol. The summed E-state index contributed by atoms with van der Waals surface area (Å²) in [4.78, 5) is 0. The Bertz CT molecular complexity index is 1330. The van der Waals surface area contributed by atoms with E-state index in [2.05, 4.69) is 104 Å². The second-order valence-corrected chi connectivity index (χ2v) is 15.8. The summed E-state index contributed by atoms with van der Waals surface area (Å²) in [5.41, 5.74) is 23.6. The molecule has 0 radical (unpaired) electrons. The molecule has 0 spiro atoms. The van der Waals surface area contributed by atoms with Crippen LogP contribution >= 0.6 is 0 Å². The first-order valence-corrected chi connectivity index (χ1v) is 22.9. The van der Waals surface area contributed by atoms with Crippen LogP contribution in [0.15, 0.2) is 73.4 Å². The van der Waals surface area contributed by atoms with E-state index in [-0.39, 0.29) is 16.5 Å². The topological polar surface area (TPSA) is 25.3 Å². The number of benzene rings is 2. The van der Waals surface area contributed by atoms with Crippen LogP contribution in [0.4, 0.5) is 0 Å². The van der Waals surface area contributed by atoms with Crippen molar-refractivity contribution >= 4 is 11.4 Å². The van der Waals surface area contributed by atoms with Crippen molar-refractivity contribution in [3.63, 3.8) is 0 Å². The van der Waals surface area contributed by atoms with E-state index in [4.69, 9.17) is 0 Å². The molecule has 0 saturated carbocycles. The molecule has 56 heavy (non-hydrogen) atoms. The molecule has 0 aromatic heterocycles. The van der Waals surface area contributed by atoms with E-state index in [1.54, 1.807) is 4.70 Å². The first-order valence-electron chi connectivity index (χ1n) is 22.9. The van der Waals surface area contributed by atoms with Gasteiger partial charge in [0.05, 0.1) is 0 Å². The number of aryl methyl sites for hydroxylation is 4. The molecule has 2 aromatic rings. The van der Waals surface area contributed by atoms with Crippen LogP contribution in [0, 0.1) is 13.8 Å². The van der Waals surface area contributed by atoms with Crippen molar-refractivity contribution in [3.05, 3.63) is 126 Å². The number of allylic oxidation sites excluding steroid dienone is 4. The van der Waals surface area contributed by atoms with Crippen LogP contribution in [0.1, 0.15) is 209 Å². The van der Waals surface area contributed by atoms with Gasteiger partial charge in [-0.25, -0.2) is 43.9 Å². The summed E-state index contributed by atoms with van der Waals surface area (Å²) >= 11 is 0. The third kappa shape index (κ3) is 22.2. The summed E-state index contributed by atoms with van der Waals surface area (Å²) in [5, 5.41) is 0. The molecule has 0 atom stereocenters. The van der Waals surface area contributed by atoms with Gasteiger partial charge in [0.15, 0.2) is 0 Å². The van der Waals surface area contributed by atoms with Gasteiger partial charge in [-0.05, 0) is 111 Å². The molecule has 3 rings (SSSR count). The van der Waals surface area contributed by atoms with Gasteiger partial charge in [0.1, 0.15) is 0 Å². The number of hydrogen-bond donors (Lipinski definition) is 0. The first-order chi connectivity index (χ1) is 26.9. The Morgan fingerprint density at radius 3 is 1.12 bits per heavy atom. The predicted molar refractivity (Wildman–Crippen MR) is 247 cm³/mol. The van der Waals surface area contributed by atoms with E-state index < -0.39 is 0 Å². The Labute approximate surface area is 358 Å². The minimum atomic E-state index is 0. The van der Waals surface area contributed by atoms with Gasteiger partial charge in [0, 0.05) is 22.8 Å². The molecule has 3 heteroatoms. The van der Waals surface area contributed by atoms with E-state index in [0.717, 1.165) is 49.9 Å². The summed E-state index contributed by atoms with van der Waals surface area (Å²) < 4.78 is 1.58. The van der Waals surface area contributed by atoms with E-state index in [0.29, 0.717) is 0 Å². The van der Waals surface area contributed by atoms with Gasteiger partial charge < -0.3 is 5.53 Å². The molecule has 0 saturated heterocycles. The van der Waals surface area contributed by atoms with Crippen molar-refractivity contribution in [2.45, 2.75) is 202 Å². The van der Waals surface area contributed by atoms with Crippen LogP contribution in [0.5, 0.6) is 0 Å². The number of nitrogens with zero attached hydrogens (tertiary/aromatic N) is 2. The minimum Gasteiger partial charge on any atom is -0.493 e. The predicted octanol–water partition coefficient (Wildman–Crippen LogP) is 17.3. The molecular weight excluding hydrogens is 723 g/mol. The van der Waals surface area contributed by atoms with E-state index in [9.17, 15) is 5.53 Å². The number of rotatable bonds is 28. The molecule has 2 nitrogen and oxygen atoms in total. The smallest absolute Gasteiger partial charge is 0.493 e. The molecule has 0 unspecified atom stereocenters. The van der Waals surface area contributed by atoms with Crippen molar-refractivity contribution < 1.29 is 21.2 Å². The third-order valence-electron chi connectivity index (χ3n) is 10.6. The molecule has 1 aliphatic rings. The summed E-state index contributed by atoms with van der Waals surface area (Å²) in [6, 6.07) is 14.5. The molecule has 1 aliphatic heterocycles. The van der Waals surface area contributed by atoms with Crippen LogP contribution < -0.4 is 0 Å². The fourth-order valence-electron chi connectivity index (χ4n) is 7.58. The van der Waals surface area contributed by atoms with Crippen LogP contribution in [-0.4, -0.2) is 4.70 Å². The number of hydrogen-bond acceptors (Lipinski definition) is 0. The fraction of sp³-hybridized carbons (Fsp3) is 0.585. The second-order valence-electron chi connectivity index (χ2n) is 15.8. The maximum absolute atomic E-state index is 12.2. The van der Waals surface area contributed by atoms with E-state index in [1.165, 1.54) is 180 Å². The third-order valence-corrected chi connectivity index (χ3v) is 10.6. The molecule has 0 amide bonds. The van der Waals surface area contributed by atoms with Crippen LogP contribution in [0.2, 0.25) is 0 Å². The van der Waals surface area contributed by atoms with Gasteiger partial charge in [-0.1, -0.05) is 149 Å². The maximum atomic E-state index is 12.2. The normalized spacial score (nSPS) is 11.9. The molecule has 0 bridgehead atoms. The Kier molecular flexibility index (Phi) is 33.7. The summed E-state index contributed by atoms with van der Waals surface area (Å²) in [5.74, 6) is 0. The second kappa shape index (κ2) is 35.4. The molecular formula is C53H84N2Ni. The Balaban J connectivity index is 0.00000405. The SMILES string of the molecule is C=C[CH2-].C=C[CH2-].CCCCCCCCc1cc(CCCCCCCC)cc(C2=CC(CCCCC)=C(c3cc(CCCCC)cc(CCCCC)c3)[N+]2=[N-])c1.[Ni+2]. The molecule has 0 fully saturated rings. The molecule has 0 N–H and O–H groups in total. The molecule has 0 aliphatic carbocycles. The van der Waals surface area contributed by atoms with E-state index in [1.807, 2.05) is 0 Å². The fourth-order valence-corrected chi connectivity index (χ4v) is 7.58. The average Bonchev–Trinajstić information content (AvgIpc) is 3.50. The summed E-state index contributed by atoms with van der Waals surface area (Å²) in [7, 11) is 0. The number of unbranched alkanes of at least 4 members (excludes halogenated alkanes) is 16. The monoisotopic (exact) mass is 807 g/mol. The maximum Gasteiger partial charge on any atom is 2.00 e. The minimum absolute atomic E-state index is 0. The molecule has 2 aromatic carbocycles. The Hall–Kier alpha value is -2.77. The quantitative estimate of drug-likeness (QED) is 0.0354. The van der Waals surface area contributed by atoms with Gasteiger partial charge >= 0.3 is 16.5 Å².